The first-order valence-electron chi connectivity index (χ1n) is 6.73. The van der Waals surface area contributed by atoms with Gasteiger partial charge in [0.25, 0.3) is 0 Å². The molecule has 0 heterocycles. The Kier molecular flexibility index (Phi) is 6.48. The molecule has 124 valence electrons. The summed E-state index contributed by atoms with van der Waals surface area (Å²) in [6, 6.07) is 2.97. The van der Waals surface area contributed by atoms with Gasteiger partial charge in [-0.05, 0) is 31.5 Å². The summed E-state index contributed by atoms with van der Waals surface area (Å²) in [6.07, 6.45) is -4.79. The van der Waals surface area contributed by atoms with E-state index in [1.54, 1.807) is 13.8 Å². The van der Waals surface area contributed by atoms with Crippen molar-refractivity contribution in [2.24, 2.45) is 0 Å². The first-order chi connectivity index (χ1) is 10.2. The highest BCUT2D eigenvalue weighted by Gasteiger charge is 2.33. The molecular weight excluding hydrogens is 301 g/mol. The highest BCUT2D eigenvalue weighted by atomic mass is 19.4. The summed E-state index contributed by atoms with van der Waals surface area (Å²) in [5, 5.41) is 13.1. The van der Waals surface area contributed by atoms with E-state index in [4.69, 9.17) is 9.84 Å². The molecule has 1 aromatic carbocycles. The Balaban J connectivity index is 2.87. The van der Waals surface area contributed by atoms with Crippen LogP contribution >= 0.6 is 0 Å². The topological polar surface area (TPSA) is 70.6 Å². The second-order valence-corrected chi connectivity index (χ2v) is 4.82. The van der Waals surface area contributed by atoms with Gasteiger partial charge in [0.15, 0.2) is 0 Å². The third-order valence-electron chi connectivity index (χ3n) is 2.60. The van der Waals surface area contributed by atoms with E-state index in [0.717, 1.165) is 6.07 Å². The molecule has 0 radical (unpaired) electrons. The van der Waals surface area contributed by atoms with Gasteiger partial charge < -0.3 is 20.5 Å². The molecule has 0 unspecified atom stereocenters. The fraction of sp³-hybridized carbons (Fsp3) is 0.500. The number of aliphatic hydroxyl groups excluding tert-OH is 1. The highest BCUT2D eigenvalue weighted by Crippen LogP contribution is 2.34. The van der Waals surface area contributed by atoms with Gasteiger partial charge in [0, 0.05) is 13.1 Å². The van der Waals surface area contributed by atoms with Crippen molar-refractivity contribution in [1.29, 1.82) is 0 Å². The van der Waals surface area contributed by atoms with Gasteiger partial charge in [-0.1, -0.05) is 6.07 Å². The summed E-state index contributed by atoms with van der Waals surface area (Å²) in [6.45, 7) is 2.93. The first kappa shape index (κ1) is 18.1. The van der Waals surface area contributed by atoms with E-state index >= 15 is 0 Å². The van der Waals surface area contributed by atoms with Crippen molar-refractivity contribution in [3.05, 3.63) is 29.3 Å². The molecule has 0 spiro atoms. The number of amides is 2. The molecule has 0 saturated carbocycles. The zero-order valence-electron chi connectivity index (χ0n) is 12.3. The molecular formula is C14H19F3N2O3. The van der Waals surface area contributed by atoms with Crippen molar-refractivity contribution in [2.75, 3.05) is 13.2 Å². The molecule has 0 atom stereocenters. The molecule has 0 aliphatic rings. The fourth-order valence-electron chi connectivity index (χ4n) is 1.73. The Labute approximate surface area is 126 Å². The van der Waals surface area contributed by atoms with Crippen LogP contribution in [0.2, 0.25) is 0 Å². The third-order valence-corrected chi connectivity index (χ3v) is 2.60. The van der Waals surface area contributed by atoms with Gasteiger partial charge in [-0.3, -0.25) is 0 Å². The Bertz CT molecular complexity index is 505. The lowest BCUT2D eigenvalue weighted by atomic mass is 10.1. The van der Waals surface area contributed by atoms with Crippen LogP contribution in [0.4, 0.5) is 18.0 Å². The van der Waals surface area contributed by atoms with Crippen LogP contribution in [0.25, 0.3) is 0 Å². The summed E-state index contributed by atoms with van der Waals surface area (Å²) in [5.74, 6) is 0.121. The second-order valence-electron chi connectivity index (χ2n) is 4.82. The standard InChI is InChI=1S/C14H19F3N2O3/c1-9(2)22-11-4-3-10(12(7-11)14(15,16)17)8-19-13(21)18-5-6-20/h3-4,7,9,20H,5-6,8H2,1-2H3,(H2,18,19,21). The van der Waals surface area contributed by atoms with Crippen LogP contribution in [-0.4, -0.2) is 30.4 Å². The Hall–Kier alpha value is -1.96. The van der Waals surface area contributed by atoms with Gasteiger partial charge in [0.05, 0.1) is 18.3 Å². The fourth-order valence-corrected chi connectivity index (χ4v) is 1.73. The second kappa shape index (κ2) is 7.88. The van der Waals surface area contributed by atoms with E-state index < -0.39 is 17.8 Å². The number of alkyl halides is 3. The molecule has 0 bridgehead atoms. The molecule has 5 nitrogen and oxygen atoms in total. The van der Waals surface area contributed by atoms with Gasteiger partial charge >= 0.3 is 12.2 Å². The van der Waals surface area contributed by atoms with Gasteiger partial charge in [0.2, 0.25) is 0 Å². The number of carbonyl (C=O) groups is 1. The van der Waals surface area contributed by atoms with Crippen LogP contribution in [0.5, 0.6) is 5.75 Å². The quantitative estimate of drug-likeness (QED) is 0.753. The zero-order valence-corrected chi connectivity index (χ0v) is 12.3. The van der Waals surface area contributed by atoms with Crippen LogP contribution in [0.3, 0.4) is 0 Å². The van der Waals surface area contributed by atoms with Gasteiger partial charge in [0.1, 0.15) is 5.75 Å². The minimum Gasteiger partial charge on any atom is -0.491 e. The number of benzene rings is 1. The van der Waals surface area contributed by atoms with E-state index in [0.29, 0.717) is 0 Å². The maximum Gasteiger partial charge on any atom is 0.416 e. The lowest BCUT2D eigenvalue weighted by Crippen LogP contribution is -2.36. The van der Waals surface area contributed by atoms with Gasteiger partial charge in [-0.15, -0.1) is 0 Å². The number of aliphatic hydroxyl groups is 1. The first-order valence-corrected chi connectivity index (χ1v) is 6.73. The number of rotatable bonds is 6. The minimum atomic E-state index is -4.55. The van der Waals surface area contributed by atoms with Crippen molar-refractivity contribution in [2.45, 2.75) is 32.7 Å². The number of urea groups is 1. The normalized spacial score (nSPS) is 11.4. The Morgan fingerprint density at radius 2 is 2.00 bits per heavy atom. The van der Waals surface area contributed by atoms with Crippen molar-refractivity contribution in [3.8, 4) is 5.75 Å². The third kappa shape index (κ3) is 5.80. The lowest BCUT2D eigenvalue weighted by Gasteiger charge is -2.17. The molecule has 2 amide bonds. The SMILES string of the molecule is CC(C)Oc1ccc(CNC(=O)NCCO)c(C(F)(F)F)c1. The van der Waals surface area contributed by atoms with E-state index in [2.05, 4.69) is 10.6 Å². The van der Waals surface area contributed by atoms with Gasteiger partial charge in [-0.25, -0.2) is 4.79 Å². The number of nitrogens with one attached hydrogen (secondary N) is 2. The molecule has 1 rings (SSSR count). The largest absolute Gasteiger partial charge is 0.491 e. The average molecular weight is 320 g/mol. The van der Waals surface area contributed by atoms with Crippen LogP contribution in [-0.2, 0) is 12.7 Å². The van der Waals surface area contributed by atoms with Crippen LogP contribution in [0.15, 0.2) is 18.2 Å². The van der Waals surface area contributed by atoms with Crippen LogP contribution < -0.4 is 15.4 Å². The van der Waals surface area contributed by atoms with Gasteiger partial charge in [-0.2, -0.15) is 13.2 Å². The number of halogens is 3. The predicted molar refractivity (Wildman–Crippen MR) is 74.5 cm³/mol. The molecule has 0 aliphatic carbocycles. The summed E-state index contributed by atoms with van der Waals surface area (Å²) in [5.41, 5.74) is -0.920. The molecule has 8 heteroatoms. The van der Waals surface area contributed by atoms with Crippen molar-refractivity contribution in [1.82, 2.24) is 10.6 Å². The number of carbonyl (C=O) groups excluding carboxylic acids is 1. The summed E-state index contributed by atoms with van der Waals surface area (Å²) < 4.78 is 44.5. The molecule has 1 aromatic rings. The molecule has 0 aromatic heterocycles. The molecule has 0 saturated heterocycles. The zero-order chi connectivity index (χ0) is 16.8. The van der Waals surface area contributed by atoms with Crippen LogP contribution in [0.1, 0.15) is 25.0 Å². The monoisotopic (exact) mass is 320 g/mol. The summed E-state index contributed by atoms with van der Waals surface area (Å²) in [7, 11) is 0. The van der Waals surface area contributed by atoms with Crippen molar-refractivity contribution >= 4 is 6.03 Å². The minimum absolute atomic E-state index is 0.0269. The Morgan fingerprint density at radius 3 is 2.55 bits per heavy atom. The van der Waals surface area contributed by atoms with E-state index in [-0.39, 0.29) is 37.1 Å². The molecule has 22 heavy (non-hydrogen) atoms. The smallest absolute Gasteiger partial charge is 0.416 e. The maximum atomic E-state index is 13.1. The van der Waals surface area contributed by atoms with E-state index in [9.17, 15) is 18.0 Å². The number of hydrogen-bond donors (Lipinski definition) is 3. The predicted octanol–water partition coefficient (Wildman–Crippen LogP) is 2.28. The highest BCUT2D eigenvalue weighted by molar-refractivity contribution is 5.73. The lowest BCUT2D eigenvalue weighted by molar-refractivity contribution is -0.138. The molecule has 0 fully saturated rings. The summed E-state index contributed by atoms with van der Waals surface area (Å²) in [4.78, 5) is 11.3. The number of hydrogen-bond acceptors (Lipinski definition) is 3. The molecule has 0 aliphatic heterocycles. The molecule has 3 N–H and O–H groups in total. The van der Waals surface area contributed by atoms with Crippen LogP contribution in [0, 0.1) is 0 Å². The van der Waals surface area contributed by atoms with E-state index in [1.807, 2.05) is 0 Å². The van der Waals surface area contributed by atoms with Crippen molar-refractivity contribution in [3.63, 3.8) is 0 Å². The summed E-state index contributed by atoms with van der Waals surface area (Å²) >= 11 is 0. The number of ether oxygens (including phenoxy) is 1. The Morgan fingerprint density at radius 1 is 1.32 bits per heavy atom. The van der Waals surface area contributed by atoms with E-state index in [1.165, 1.54) is 12.1 Å². The average Bonchev–Trinajstić information content (AvgIpc) is 2.42. The van der Waals surface area contributed by atoms with Crippen molar-refractivity contribution < 1.29 is 27.8 Å². The maximum absolute atomic E-state index is 13.1.